The molecule has 1 heterocycles. The van der Waals surface area contributed by atoms with Crippen LogP contribution in [0.4, 0.5) is 0 Å². The lowest BCUT2D eigenvalue weighted by Gasteiger charge is -2.09. The first-order chi connectivity index (χ1) is 11.0. The maximum absolute atomic E-state index is 12.8. The van der Waals surface area contributed by atoms with Crippen molar-refractivity contribution in [1.29, 1.82) is 0 Å². The lowest BCUT2D eigenvalue weighted by Crippen LogP contribution is -2.06. The second-order valence-electron chi connectivity index (χ2n) is 5.36. The van der Waals surface area contributed by atoms with Gasteiger partial charge in [-0.3, -0.25) is 4.79 Å². The SMILES string of the molecule is CCCc1cc(SC)cc2c(=O)c3cc(C(=O)O)ccc3oc12. The van der Waals surface area contributed by atoms with E-state index in [1.165, 1.54) is 12.1 Å². The second kappa shape index (κ2) is 6.08. The highest BCUT2D eigenvalue weighted by atomic mass is 32.2. The number of carboxylic acid groups (broad SMARTS) is 1. The molecule has 4 nitrogen and oxygen atoms in total. The molecule has 0 radical (unpaired) electrons. The summed E-state index contributed by atoms with van der Waals surface area (Å²) in [5, 5.41) is 9.92. The van der Waals surface area contributed by atoms with Crippen LogP contribution in [0.3, 0.4) is 0 Å². The summed E-state index contributed by atoms with van der Waals surface area (Å²) in [5.41, 5.74) is 1.93. The highest BCUT2D eigenvalue weighted by Crippen LogP contribution is 2.28. The van der Waals surface area contributed by atoms with Crippen molar-refractivity contribution in [1.82, 2.24) is 0 Å². The van der Waals surface area contributed by atoms with Crippen molar-refractivity contribution < 1.29 is 14.3 Å². The zero-order valence-corrected chi connectivity index (χ0v) is 13.7. The summed E-state index contributed by atoms with van der Waals surface area (Å²) >= 11 is 1.57. The van der Waals surface area contributed by atoms with Crippen molar-refractivity contribution in [2.45, 2.75) is 24.7 Å². The van der Waals surface area contributed by atoms with Crippen molar-refractivity contribution in [3.8, 4) is 0 Å². The quantitative estimate of drug-likeness (QED) is 0.570. The van der Waals surface area contributed by atoms with E-state index < -0.39 is 5.97 Å². The van der Waals surface area contributed by atoms with Gasteiger partial charge in [-0.25, -0.2) is 4.79 Å². The van der Waals surface area contributed by atoms with Gasteiger partial charge in [0.2, 0.25) is 5.43 Å². The average molecular weight is 328 g/mol. The van der Waals surface area contributed by atoms with E-state index >= 15 is 0 Å². The molecule has 0 bridgehead atoms. The Hall–Kier alpha value is -2.27. The highest BCUT2D eigenvalue weighted by Gasteiger charge is 2.14. The van der Waals surface area contributed by atoms with E-state index in [2.05, 4.69) is 13.0 Å². The third-order valence-electron chi connectivity index (χ3n) is 3.82. The Morgan fingerprint density at radius 1 is 1.22 bits per heavy atom. The van der Waals surface area contributed by atoms with E-state index in [1.54, 1.807) is 17.8 Å². The summed E-state index contributed by atoms with van der Waals surface area (Å²) in [4.78, 5) is 25.0. The van der Waals surface area contributed by atoms with Crippen LogP contribution in [-0.4, -0.2) is 17.3 Å². The Kier molecular flexibility index (Phi) is 4.13. The van der Waals surface area contributed by atoms with Gasteiger partial charge in [0.25, 0.3) is 0 Å². The van der Waals surface area contributed by atoms with Crippen LogP contribution in [-0.2, 0) is 6.42 Å². The first kappa shape index (κ1) is 15.6. The van der Waals surface area contributed by atoms with Crippen molar-refractivity contribution in [3.63, 3.8) is 0 Å². The molecule has 3 aromatic rings. The Labute approximate surface area is 137 Å². The number of aromatic carboxylic acids is 1. The lowest BCUT2D eigenvalue weighted by molar-refractivity contribution is 0.0697. The third kappa shape index (κ3) is 2.72. The standard InChI is InChI=1S/C18H16O4S/c1-3-4-10-7-12(23-2)9-14-16(19)13-8-11(18(20)21)5-6-15(13)22-17(10)14/h5-9H,3-4H2,1-2H3,(H,20,21). The summed E-state index contributed by atoms with van der Waals surface area (Å²) in [6, 6.07) is 8.26. The smallest absolute Gasteiger partial charge is 0.335 e. The molecule has 0 spiro atoms. The molecule has 0 amide bonds. The molecule has 0 saturated carbocycles. The van der Waals surface area contributed by atoms with E-state index in [9.17, 15) is 9.59 Å². The number of thioether (sulfide) groups is 1. The Morgan fingerprint density at radius 3 is 2.65 bits per heavy atom. The second-order valence-corrected chi connectivity index (χ2v) is 6.24. The normalized spacial score (nSPS) is 11.2. The maximum Gasteiger partial charge on any atom is 0.335 e. The monoisotopic (exact) mass is 328 g/mol. The summed E-state index contributed by atoms with van der Waals surface area (Å²) in [7, 11) is 0. The predicted octanol–water partition coefficient (Wildman–Crippen LogP) is 4.32. The molecule has 0 aliphatic heterocycles. The molecule has 0 aliphatic carbocycles. The van der Waals surface area contributed by atoms with Crippen molar-refractivity contribution in [3.05, 3.63) is 51.7 Å². The van der Waals surface area contributed by atoms with E-state index in [0.29, 0.717) is 21.9 Å². The van der Waals surface area contributed by atoms with E-state index in [-0.39, 0.29) is 11.0 Å². The molecule has 5 heteroatoms. The number of carboxylic acids is 1. The van der Waals surface area contributed by atoms with Crippen LogP contribution in [0.15, 0.2) is 44.4 Å². The molecule has 0 unspecified atom stereocenters. The summed E-state index contributed by atoms with van der Waals surface area (Å²) in [6.45, 7) is 2.08. The topological polar surface area (TPSA) is 67.5 Å². The maximum atomic E-state index is 12.8. The van der Waals surface area contributed by atoms with Crippen LogP contribution in [0, 0.1) is 0 Å². The number of aryl methyl sites for hydroxylation is 1. The molecule has 23 heavy (non-hydrogen) atoms. The lowest BCUT2D eigenvalue weighted by atomic mass is 10.0. The van der Waals surface area contributed by atoms with Gasteiger partial charge in [0, 0.05) is 4.90 Å². The molecule has 1 N–H and O–H groups in total. The first-order valence-corrected chi connectivity index (χ1v) is 8.58. The molecule has 1 aromatic heterocycles. The van der Waals surface area contributed by atoms with Gasteiger partial charge in [-0.2, -0.15) is 0 Å². The van der Waals surface area contributed by atoms with Crippen molar-refractivity contribution in [2.75, 3.05) is 6.26 Å². The molecule has 118 valence electrons. The van der Waals surface area contributed by atoms with Gasteiger partial charge < -0.3 is 9.52 Å². The number of hydrogen-bond acceptors (Lipinski definition) is 4. The van der Waals surface area contributed by atoms with Crippen LogP contribution in [0.25, 0.3) is 21.9 Å². The van der Waals surface area contributed by atoms with Gasteiger partial charge in [0.15, 0.2) is 0 Å². The van der Waals surface area contributed by atoms with Gasteiger partial charge >= 0.3 is 5.97 Å². The molecule has 2 aromatic carbocycles. The first-order valence-electron chi connectivity index (χ1n) is 7.36. The average Bonchev–Trinajstić information content (AvgIpc) is 2.55. The van der Waals surface area contributed by atoms with E-state index in [0.717, 1.165) is 23.3 Å². The molecular weight excluding hydrogens is 312 g/mol. The minimum Gasteiger partial charge on any atom is -0.478 e. The minimum atomic E-state index is -1.06. The van der Waals surface area contributed by atoms with Crippen LogP contribution in [0.1, 0.15) is 29.3 Å². The number of fused-ring (bicyclic) bond motifs is 2. The van der Waals surface area contributed by atoms with Gasteiger partial charge in [-0.05, 0) is 48.6 Å². The zero-order valence-electron chi connectivity index (χ0n) is 12.9. The van der Waals surface area contributed by atoms with Crippen molar-refractivity contribution in [2.24, 2.45) is 0 Å². The zero-order chi connectivity index (χ0) is 16.6. The Balaban J connectivity index is 2.42. The Morgan fingerprint density at radius 2 is 2.00 bits per heavy atom. The predicted molar refractivity (Wildman–Crippen MR) is 92.7 cm³/mol. The van der Waals surface area contributed by atoms with Gasteiger partial charge in [0.05, 0.1) is 16.3 Å². The van der Waals surface area contributed by atoms with E-state index in [1.807, 2.05) is 12.3 Å². The Bertz CT molecular complexity index is 972. The van der Waals surface area contributed by atoms with Crippen molar-refractivity contribution >= 4 is 39.7 Å². The fourth-order valence-electron chi connectivity index (χ4n) is 2.71. The van der Waals surface area contributed by atoms with Gasteiger partial charge in [-0.1, -0.05) is 13.3 Å². The number of benzene rings is 2. The summed E-state index contributed by atoms with van der Waals surface area (Å²) < 4.78 is 5.94. The fraction of sp³-hybridized carbons (Fsp3) is 0.222. The summed E-state index contributed by atoms with van der Waals surface area (Å²) in [6.07, 6.45) is 3.74. The summed E-state index contributed by atoms with van der Waals surface area (Å²) in [5.74, 6) is -1.06. The number of carbonyl (C=O) groups is 1. The molecule has 0 fully saturated rings. The van der Waals surface area contributed by atoms with Gasteiger partial charge in [-0.15, -0.1) is 11.8 Å². The van der Waals surface area contributed by atoms with E-state index in [4.69, 9.17) is 9.52 Å². The molecular formula is C18H16O4S. The largest absolute Gasteiger partial charge is 0.478 e. The third-order valence-corrected chi connectivity index (χ3v) is 4.53. The van der Waals surface area contributed by atoms with Crippen LogP contribution in [0.2, 0.25) is 0 Å². The number of hydrogen-bond donors (Lipinski definition) is 1. The molecule has 0 atom stereocenters. The molecule has 0 saturated heterocycles. The molecule has 3 rings (SSSR count). The van der Waals surface area contributed by atoms with Gasteiger partial charge in [0.1, 0.15) is 11.2 Å². The van der Waals surface area contributed by atoms with Crippen LogP contribution >= 0.6 is 11.8 Å². The fourth-order valence-corrected chi connectivity index (χ4v) is 3.20. The van der Waals surface area contributed by atoms with Crippen LogP contribution in [0.5, 0.6) is 0 Å². The highest BCUT2D eigenvalue weighted by molar-refractivity contribution is 7.98. The number of rotatable bonds is 4. The minimum absolute atomic E-state index is 0.0824. The van der Waals surface area contributed by atoms with Crippen LogP contribution < -0.4 is 5.43 Å². The molecule has 0 aliphatic rings.